The topological polar surface area (TPSA) is 92.5 Å². The van der Waals surface area contributed by atoms with E-state index in [1.54, 1.807) is 11.0 Å². The summed E-state index contributed by atoms with van der Waals surface area (Å²) in [6, 6.07) is 14.9. The van der Waals surface area contributed by atoms with E-state index in [0.717, 1.165) is 28.8 Å². The average Bonchev–Trinajstić information content (AvgIpc) is 3.35. The SMILES string of the molecule is CC(C)Cc1nc(-c2ccc3c(c2)CN(C2CCC(=O)NC2=O)C3=O)c(-c2ccccc2)o1. The Bertz CT molecular complexity index is 1250. The number of oxazole rings is 1. The lowest BCUT2D eigenvalue weighted by molar-refractivity contribution is -0.136. The molecule has 3 heterocycles. The number of carbonyl (C=O) groups excluding carboxylic acids is 3. The molecule has 5 rings (SSSR count). The minimum atomic E-state index is -0.629. The zero-order chi connectivity index (χ0) is 23.1. The highest BCUT2D eigenvalue weighted by atomic mass is 16.4. The van der Waals surface area contributed by atoms with Crippen molar-refractivity contribution in [3.63, 3.8) is 0 Å². The lowest BCUT2D eigenvalue weighted by Gasteiger charge is -2.29. The number of nitrogens with zero attached hydrogens (tertiary/aromatic N) is 2. The van der Waals surface area contributed by atoms with Gasteiger partial charge in [0.15, 0.2) is 11.7 Å². The van der Waals surface area contributed by atoms with E-state index in [0.29, 0.717) is 36.1 Å². The number of amides is 3. The molecule has 0 saturated carbocycles. The Morgan fingerprint density at radius 3 is 2.61 bits per heavy atom. The summed E-state index contributed by atoms with van der Waals surface area (Å²) in [7, 11) is 0. The zero-order valence-electron chi connectivity index (χ0n) is 18.6. The van der Waals surface area contributed by atoms with Crippen LogP contribution < -0.4 is 5.32 Å². The maximum atomic E-state index is 13.0. The second-order valence-corrected chi connectivity index (χ2v) is 9.02. The predicted octanol–water partition coefficient (Wildman–Crippen LogP) is 3.97. The molecule has 33 heavy (non-hydrogen) atoms. The average molecular weight is 444 g/mol. The minimum absolute atomic E-state index is 0.185. The van der Waals surface area contributed by atoms with Gasteiger partial charge in [-0.05, 0) is 30.0 Å². The van der Waals surface area contributed by atoms with Crippen LogP contribution in [0.3, 0.4) is 0 Å². The lowest BCUT2D eigenvalue weighted by atomic mass is 10.0. The van der Waals surface area contributed by atoms with Crippen molar-refractivity contribution in [2.24, 2.45) is 5.92 Å². The van der Waals surface area contributed by atoms with Gasteiger partial charge in [-0.3, -0.25) is 19.7 Å². The number of imide groups is 1. The van der Waals surface area contributed by atoms with Gasteiger partial charge in [0.05, 0.1) is 0 Å². The molecule has 0 radical (unpaired) electrons. The van der Waals surface area contributed by atoms with Gasteiger partial charge >= 0.3 is 0 Å². The van der Waals surface area contributed by atoms with Crippen molar-refractivity contribution in [3.8, 4) is 22.6 Å². The van der Waals surface area contributed by atoms with E-state index < -0.39 is 11.9 Å². The summed E-state index contributed by atoms with van der Waals surface area (Å²) in [5.74, 6) is 0.904. The summed E-state index contributed by atoms with van der Waals surface area (Å²) >= 11 is 0. The molecule has 7 nitrogen and oxygen atoms in total. The van der Waals surface area contributed by atoms with Crippen LogP contribution >= 0.6 is 0 Å². The van der Waals surface area contributed by atoms with Gasteiger partial charge in [0.25, 0.3) is 5.91 Å². The summed E-state index contributed by atoms with van der Waals surface area (Å²) in [5, 5.41) is 2.34. The fraction of sp³-hybridized carbons (Fsp3) is 0.308. The van der Waals surface area contributed by atoms with Crippen LogP contribution in [0.15, 0.2) is 52.9 Å². The van der Waals surface area contributed by atoms with E-state index >= 15 is 0 Å². The van der Waals surface area contributed by atoms with Gasteiger partial charge in [0.2, 0.25) is 11.8 Å². The summed E-state index contributed by atoms with van der Waals surface area (Å²) < 4.78 is 6.17. The van der Waals surface area contributed by atoms with Crippen molar-refractivity contribution in [2.45, 2.75) is 45.7 Å². The number of hydrogen-bond donors (Lipinski definition) is 1. The van der Waals surface area contributed by atoms with E-state index in [9.17, 15) is 14.4 Å². The Morgan fingerprint density at radius 2 is 1.88 bits per heavy atom. The number of piperidine rings is 1. The number of fused-ring (bicyclic) bond motifs is 1. The molecule has 2 aromatic carbocycles. The Labute approximate surface area is 191 Å². The standard InChI is InChI=1S/C26H25N3O4/c1-15(2)12-22-28-23(24(33-22)16-6-4-3-5-7-16)17-8-9-19-18(13-17)14-29(26(19)32)20-10-11-21(30)27-25(20)31/h3-9,13,15,20H,10-12,14H2,1-2H3,(H,27,30,31). The predicted molar refractivity (Wildman–Crippen MR) is 122 cm³/mol. The molecule has 3 amide bonds. The number of benzene rings is 2. The first kappa shape index (κ1) is 21.1. The van der Waals surface area contributed by atoms with E-state index in [-0.39, 0.29) is 18.2 Å². The molecular formula is C26H25N3O4. The smallest absolute Gasteiger partial charge is 0.255 e. The third-order valence-electron chi connectivity index (χ3n) is 6.09. The van der Waals surface area contributed by atoms with Crippen molar-refractivity contribution in [2.75, 3.05) is 0 Å². The number of nitrogens with one attached hydrogen (secondary N) is 1. The highest BCUT2D eigenvalue weighted by molar-refractivity contribution is 6.05. The van der Waals surface area contributed by atoms with E-state index in [1.165, 1.54) is 0 Å². The van der Waals surface area contributed by atoms with Crippen molar-refractivity contribution in [3.05, 3.63) is 65.5 Å². The first-order chi connectivity index (χ1) is 15.9. The fourth-order valence-electron chi connectivity index (χ4n) is 4.50. The molecule has 168 valence electrons. The van der Waals surface area contributed by atoms with Gasteiger partial charge < -0.3 is 9.32 Å². The van der Waals surface area contributed by atoms with Crippen LogP contribution in [-0.2, 0) is 22.6 Å². The van der Waals surface area contributed by atoms with Crippen molar-refractivity contribution in [1.82, 2.24) is 15.2 Å². The monoisotopic (exact) mass is 443 g/mol. The fourth-order valence-corrected chi connectivity index (χ4v) is 4.50. The van der Waals surface area contributed by atoms with Crippen molar-refractivity contribution in [1.29, 1.82) is 0 Å². The van der Waals surface area contributed by atoms with Crippen LogP contribution in [0, 0.1) is 5.92 Å². The molecule has 2 aliphatic heterocycles. The second-order valence-electron chi connectivity index (χ2n) is 9.02. The Balaban J connectivity index is 1.50. The second kappa shape index (κ2) is 8.31. The van der Waals surface area contributed by atoms with Crippen LogP contribution in [0.1, 0.15) is 48.5 Å². The zero-order valence-corrected chi connectivity index (χ0v) is 18.6. The van der Waals surface area contributed by atoms with E-state index in [1.807, 2.05) is 42.5 Å². The van der Waals surface area contributed by atoms with Gasteiger partial charge in [-0.15, -0.1) is 0 Å². The molecule has 1 unspecified atom stereocenters. The molecule has 1 fully saturated rings. The number of carbonyl (C=O) groups is 3. The van der Waals surface area contributed by atoms with E-state index in [4.69, 9.17) is 9.40 Å². The summed E-state index contributed by atoms with van der Waals surface area (Å²) in [5.41, 5.74) is 3.97. The third kappa shape index (κ3) is 3.95. The maximum Gasteiger partial charge on any atom is 0.255 e. The molecule has 1 atom stereocenters. The Kier molecular flexibility index (Phi) is 5.32. The molecule has 7 heteroatoms. The van der Waals surface area contributed by atoms with Crippen molar-refractivity contribution >= 4 is 17.7 Å². The van der Waals surface area contributed by atoms with Crippen LogP contribution in [0.2, 0.25) is 0 Å². The molecule has 1 saturated heterocycles. The number of hydrogen-bond acceptors (Lipinski definition) is 5. The number of rotatable bonds is 5. The molecule has 3 aromatic rings. The molecule has 0 bridgehead atoms. The van der Waals surface area contributed by atoms with Gasteiger partial charge in [-0.1, -0.05) is 50.2 Å². The number of aromatic nitrogens is 1. The van der Waals surface area contributed by atoms with Gasteiger partial charge in [-0.2, -0.15) is 0 Å². The molecule has 1 aromatic heterocycles. The van der Waals surface area contributed by atoms with Gasteiger partial charge in [0, 0.05) is 36.1 Å². The minimum Gasteiger partial charge on any atom is -0.440 e. The van der Waals surface area contributed by atoms with Crippen LogP contribution in [0.25, 0.3) is 22.6 Å². The molecule has 0 spiro atoms. The highest BCUT2D eigenvalue weighted by Gasteiger charge is 2.39. The molecular weight excluding hydrogens is 418 g/mol. The van der Waals surface area contributed by atoms with Gasteiger partial charge in [0.1, 0.15) is 11.7 Å². The summed E-state index contributed by atoms with van der Waals surface area (Å²) in [6.07, 6.45) is 1.31. The van der Waals surface area contributed by atoms with Crippen molar-refractivity contribution < 1.29 is 18.8 Å². The molecule has 1 N–H and O–H groups in total. The third-order valence-corrected chi connectivity index (χ3v) is 6.09. The van der Waals surface area contributed by atoms with Crippen LogP contribution in [0.5, 0.6) is 0 Å². The molecule has 2 aliphatic rings. The Morgan fingerprint density at radius 1 is 1.09 bits per heavy atom. The lowest BCUT2D eigenvalue weighted by Crippen LogP contribution is -2.52. The summed E-state index contributed by atoms with van der Waals surface area (Å²) in [6.45, 7) is 4.57. The molecule has 0 aliphatic carbocycles. The normalized spacial score (nSPS) is 18.1. The van der Waals surface area contributed by atoms with Crippen LogP contribution in [-0.4, -0.2) is 33.6 Å². The first-order valence-electron chi connectivity index (χ1n) is 11.2. The van der Waals surface area contributed by atoms with E-state index in [2.05, 4.69) is 19.2 Å². The Hall–Kier alpha value is -3.74. The summed E-state index contributed by atoms with van der Waals surface area (Å²) in [4.78, 5) is 43.2. The quantitative estimate of drug-likeness (QED) is 0.603. The first-order valence-corrected chi connectivity index (χ1v) is 11.2. The largest absolute Gasteiger partial charge is 0.440 e. The maximum absolute atomic E-state index is 13.0. The van der Waals surface area contributed by atoms with Crippen LogP contribution in [0.4, 0.5) is 0 Å². The highest BCUT2D eigenvalue weighted by Crippen LogP contribution is 2.36. The van der Waals surface area contributed by atoms with Gasteiger partial charge in [-0.25, -0.2) is 4.98 Å².